The fourth-order valence-electron chi connectivity index (χ4n) is 1.75. The number of nitrogens with zero attached hydrogens (tertiary/aromatic N) is 2. The Morgan fingerprint density at radius 2 is 1.76 bits per heavy atom. The van der Waals surface area contributed by atoms with Gasteiger partial charge in [-0.25, -0.2) is 4.39 Å². The van der Waals surface area contributed by atoms with Gasteiger partial charge in [-0.1, -0.05) is 23.2 Å². The van der Waals surface area contributed by atoms with Crippen LogP contribution in [0.2, 0.25) is 10.0 Å². The minimum Gasteiger partial charge on any atom is -0.275 e. The number of hydrogen-bond acceptors (Lipinski definition) is 4. The summed E-state index contributed by atoms with van der Waals surface area (Å²) in [7, 11) is 0. The molecule has 2 aromatic rings. The van der Waals surface area contributed by atoms with Crippen molar-refractivity contribution in [1.82, 2.24) is 0 Å². The van der Waals surface area contributed by atoms with Gasteiger partial charge in [0, 0.05) is 17.7 Å². The van der Waals surface area contributed by atoms with E-state index < -0.39 is 22.5 Å². The molecule has 0 aliphatic heterocycles. The number of benzene rings is 2. The molecule has 0 saturated heterocycles. The van der Waals surface area contributed by atoms with Crippen molar-refractivity contribution in [2.45, 2.75) is 6.18 Å². The second kappa shape index (κ2) is 7.24. The highest BCUT2D eigenvalue weighted by molar-refractivity contribution is 6.39. The first-order chi connectivity index (χ1) is 11.6. The molecule has 0 amide bonds. The van der Waals surface area contributed by atoms with Gasteiger partial charge in [-0.3, -0.25) is 15.5 Å². The van der Waals surface area contributed by atoms with E-state index in [1.54, 1.807) is 0 Å². The van der Waals surface area contributed by atoms with Gasteiger partial charge in [0.25, 0.3) is 5.69 Å². The number of alkyl halides is 3. The van der Waals surface area contributed by atoms with Crippen LogP contribution < -0.4 is 5.43 Å². The van der Waals surface area contributed by atoms with Crippen LogP contribution >= 0.6 is 23.2 Å². The minimum atomic E-state index is -4.62. The second-order valence-corrected chi connectivity index (χ2v) is 5.46. The molecule has 0 unspecified atom stereocenters. The van der Waals surface area contributed by atoms with Crippen molar-refractivity contribution in [1.29, 1.82) is 0 Å². The predicted molar refractivity (Wildman–Crippen MR) is 85.7 cm³/mol. The molecule has 0 aliphatic rings. The van der Waals surface area contributed by atoms with Gasteiger partial charge >= 0.3 is 6.18 Å². The zero-order valence-corrected chi connectivity index (χ0v) is 13.5. The van der Waals surface area contributed by atoms with Crippen LogP contribution in [0.25, 0.3) is 0 Å². The van der Waals surface area contributed by atoms with Gasteiger partial charge in [-0.05, 0) is 18.2 Å². The van der Waals surface area contributed by atoms with Gasteiger partial charge in [0.05, 0.1) is 32.4 Å². The van der Waals surface area contributed by atoms with Gasteiger partial charge in [-0.15, -0.1) is 0 Å². The number of anilines is 1. The SMILES string of the molecule is O=[N+]([O-])c1ccc(F)c(/C=N\Nc2c(Cl)cc(C(F)(F)F)cc2Cl)c1. The van der Waals surface area contributed by atoms with E-state index in [0.717, 1.165) is 24.4 Å². The highest BCUT2D eigenvalue weighted by Crippen LogP contribution is 2.38. The summed E-state index contributed by atoms with van der Waals surface area (Å²) in [4.78, 5) is 9.94. The Bertz CT molecular complexity index is 833. The highest BCUT2D eigenvalue weighted by atomic mass is 35.5. The number of nitro groups is 1. The molecule has 1 N–H and O–H groups in total. The molecule has 5 nitrogen and oxygen atoms in total. The van der Waals surface area contributed by atoms with Crippen molar-refractivity contribution in [3.63, 3.8) is 0 Å². The Kier molecular flexibility index (Phi) is 5.48. The predicted octanol–water partition coefficient (Wildman–Crippen LogP) is 5.51. The molecule has 0 atom stereocenters. The van der Waals surface area contributed by atoms with E-state index >= 15 is 0 Å². The summed E-state index contributed by atoms with van der Waals surface area (Å²) < 4.78 is 51.5. The molecule has 0 spiro atoms. The standard InChI is InChI=1S/C14H7Cl2F4N3O2/c15-10-4-8(14(18,19)20)5-11(16)13(10)22-21-6-7-3-9(23(24)25)1-2-12(7)17/h1-6,22H/b21-6-. The fraction of sp³-hybridized carbons (Fsp3) is 0.0714. The molecule has 25 heavy (non-hydrogen) atoms. The van der Waals surface area contributed by atoms with Crippen molar-refractivity contribution in [2.75, 3.05) is 5.43 Å². The number of halogens is 6. The molecule has 2 aromatic carbocycles. The molecule has 0 saturated carbocycles. The topological polar surface area (TPSA) is 67.5 Å². The molecule has 0 bridgehead atoms. The first-order valence-corrected chi connectivity index (χ1v) is 7.14. The monoisotopic (exact) mass is 395 g/mol. The molecule has 2 rings (SSSR count). The maximum Gasteiger partial charge on any atom is 0.416 e. The normalized spacial score (nSPS) is 11.8. The van der Waals surface area contributed by atoms with Crippen LogP contribution in [0.4, 0.5) is 28.9 Å². The summed E-state index contributed by atoms with van der Waals surface area (Å²) in [5.74, 6) is -0.777. The lowest BCUT2D eigenvalue weighted by Gasteiger charge is -2.11. The lowest BCUT2D eigenvalue weighted by Crippen LogP contribution is -2.05. The lowest BCUT2D eigenvalue weighted by atomic mass is 10.2. The first-order valence-electron chi connectivity index (χ1n) is 6.39. The third-order valence-electron chi connectivity index (χ3n) is 2.94. The third-order valence-corrected chi connectivity index (χ3v) is 3.54. The minimum absolute atomic E-state index is 0.126. The van der Waals surface area contributed by atoms with Crippen LogP contribution in [0.3, 0.4) is 0 Å². The first kappa shape index (κ1) is 18.9. The highest BCUT2D eigenvalue weighted by Gasteiger charge is 2.32. The number of nitrogens with one attached hydrogen (secondary N) is 1. The van der Waals surface area contributed by atoms with E-state index in [1.807, 2.05) is 0 Å². The number of nitro benzene ring substituents is 1. The summed E-state index contributed by atoms with van der Waals surface area (Å²) in [5, 5.41) is 13.6. The van der Waals surface area contributed by atoms with E-state index in [9.17, 15) is 27.7 Å². The largest absolute Gasteiger partial charge is 0.416 e. The van der Waals surface area contributed by atoms with Gasteiger partial charge in [0.1, 0.15) is 5.82 Å². The lowest BCUT2D eigenvalue weighted by molar-refractivity contribution is -0.384. The Morgan fingerprint density at radius 1 is 1.16 bits per heavy atom. The van der Waals surface area contributed by atoms with Crippen LogP contribution in [0.5, 0.6) is 0 Å². The van der Waals surface area contributed by atoms with Crippen molar-refractivity contribution >= 4 is 40.8 Å². The average Bonchev–Trinajstić information content (AvgIpc) is 2.50. The van der Waals surface area contributed by atoms with E-state index in [-0.39, 0.29) is 27.0 Å². The summed E-state index contributed by atoms with van der Waals surface area (Å²) in [6.07, 6.45) is -3.71. The molecule has 0 aliphatic carbocycles. The molecule has 11 heteroatoms. The fourth-order valence-corrected chi connectivity index (χ4v) is 2.33. The molecule has 0 heterocycles. The smallest absolute Gasteiger partial charge is 0.275 e. The molecular weight excluding hydrogens is 389 g/mol. The van der Waals surface area contributed by atoms with Crippen LogP contribution in [0, 0.1) is 15.9 Å². The van der Waals surface area contributed by atoms with Crippen LogP contribution in [0.1, 0.15) is 11.1 Å². The van der Waals surface area contributed by atoms with Crippen LogP contribution in [0.15, 0.2) is 35.4 Å². The summed E-state index contributed by atoms with van der Waals surface area (Å²) in [6.45, 7) is 0. The Balaban J connectivity index is 2.26. The van der Waals surface area contributed by atoms with Gasteiger partial charge < -0.3 is 0 Å². The summed E-state index contributed by atoms with van der Waals surface area (Å²) >= 11 is 11.5. The summed E-state index contributed by atoms with van der Waals surface area (Å²) in [6, 6.07) is 4.11. The van der Waals surface area contributed by atoms with Crippen molar-refractivity contribution in [3.05, 3.63) is 67.4 Å². The Hall–Kier alpha value is -2.39. The van der Waals surface area contributed by atoms with E-state index in [0.29, 0.717) is 12.1 Å². The zero-order chi connectivity index (χ0) is 18.8. The van der Waals surface area contributed by atoms with E-state index in [1.165, 1.54) is 0 Å². The molecule has 132 valence electrons. The number of hydrogen-bond donors (Lipinski definition) is 1. The molecular formula is C14H7Cl2F4N3O2. The Labute approximate surface area is 148 Å². The van der Waals surface area contributed by atoms with Gasteiger partial charge in [0.2, 0.25) is 0 Å². The maximum absolute atomic E-state index is 13.6. The van der Waals surface area contributed by atoms with Gasteiger partial charge in [0.15, 0.2) is 0 Å². The molecule has 0 radical (unpaired) electrons. The second-order valence-electron chi connectivity index (χ2n) is 4.65. The third kappa shape index (κ3) is 4.58. The van der Waals surface area contributed by atoms with Crippen LogP contribution in [-0.2, 0) is 6.18 Å². The van der Waals surface area contributed by atoms with Crippen molar-refractivity contribution in [2.24, 2.45) is 5.10 Å². The van der Waals surface area contributed by atoms with Crippen LogP contribution in [-0.4, -0.2) is 11.1 Å². The quantitative estimate of drug-likeness (QED) is 0.321. The van der Waals surface area contributed by atoms with Crippen molar-refractivity contribution in [3.8, 4) is 0 Å². The number of non-ortho nitro benzene ring substituents is 1. The molecule has 0 aromatic heterocycles. The Morgan fingerprint density at radius 3 is 2.28 bits per heavy atom. The maximum atomic E-state index is 13.6. The number of rotatable bonds is 4. The zero-order valence-electron chi connectivity index (χ0n) is 11.9. The molecule has 0 fully saturated rings. The van der Waals surface area contributed by atoms with Gasteiger partial charge in [-0.2, -0.15) is 18.3 Å². The van der Waals surface area contributed by atoms with E-state index in [4.69, 9.17) is 23.2 Å². The van der Waals surface area contributed by atoms with E-state index in [2.05, 4.69) is 10.5 Å². The average molecular weight is 396 g/mol. The summed E-state index contributed by atoms with van der Waals surface area (Å²) in [5.41, 5.74) is 0.559. The number of hydrazone groups is 1. The van der Waals surface area contributed by atoms with Crippen molar-refractivity contribution < 1.29 is 22.5 Å².